The monoisotopic (exact) mass is 229 g/mol. The first-order chi connectivity index (χ1) is 7.51. The van der Waals surface area contributed by atoms with Crippen molar-refractivity contribution >= 4 is 5.97 Å². The minimum Gasteiger partial charge on any atom is -0.481 e. The molecule has 0 saturated heterocycles. The fourth-order valence-corrected chi connectivity index (χ4v) is 2.13. The van der Waals surface area contributed by atoms with Gasteiger partial charge >= 0.3 is 5.97 Å². The molecule has 0 spiro atoms. The second kappa shape index (κ2) is 8.57. The summed E-state index contributed by atoms with van der Waals surface area (Å²) in [5.74, 6) is -0.0422. The molecule has 3 heteroatoms. The largest absolute Gasteiger partial charge is 0.481 e. The van der Waals surface area contributed by atoms with Crippen molar-refractivity contribution in [3.63, 3.8) is 0 Å². The van der Waals surface area contributed by atoms with E-state index in [2.05, 4.69) is 32.6 Å². The Morgan fingerprint density at radius 3 is 2.19 bits per heavy atom. The van der Waals surface area contributed by atoms with Gasteiger partial charge in [-0.15, -0.1) is 0 Å². The summed E-state index contributed by atoms with van der Waals surface area (Å²) in [6.45, 7) is 10.8. The van der Waals surface area contributed by atoms with Gasteiger partial charge in [-0.3, -0.25) is 4.79 Å². The zero-order valence-electron chi connectivity index (χ0n) is 11.2. The standard InChI is InChI=1S/C13H27NO2/c1-5-12(6-2)14(10-11(3)4)9-7-8-13(15)16/h11-12H,5-10H2,1-4H3,(H,15,16). The third-order valence-corrected chi connectivity index (χ3v) is 2.89. The van der Waals surface area contributed by atoms with E-state index in [1.807, 2.05) is 0 Å². The SMILES string of the molecule is CCC(CC)N(CCCC(=O)O)CC(C)C. The van der Waals surface area contributed by atoms with Gasteiger partial charge in [0.15, 0.2) is 0 Å². The van der Waals surface area contributed by atoms with Crippen LogP contribution in [-0.4, -0.2) is 35.1 Å². The van der Waals surface area contributed by atoms with E-state index >= 15 is 0 Å². The Kier molecular flexibility index (Phi) is 8.26. The summed E-state index contributed by atoms with van der Waals surface area (Å²) in [6.07, 6.45) is 3.35. The first-order valence-corrected chi connectivity index (χ1v) is 6.47. The van der Waals surface area contributed by atoms with Crippen LogP contribution in [0.15, 0.2) is 0 Å². The minimum absolute atomic E-state index is 0.286. The van der Waals surface area contributed by atoms with Gasteiger partial charge in [-0.05, 0) is 31.7 Å². The lowest BCUT2D eigenvalue weighted by Crippen LogP contribution is -2.38. The van der Waals surface area contributed by atoms with E-state index in [9.17, 15) is 4.79 Å². The lowest BCUT2D eigenvalue weighted by Gasteiger charge is -2.31. The molecular formula is C13H27NO2. The molecule has 0 unspecified atom stereocenters. The average Bonchev–Trinajstić information content (AvgIpc) is 2.17. The van der Waals surface area contributed by atoms with E-state index in [4.69, 9.17) is 5.11 Å². The van der Waals surface area contributed by atoms with Crippen LogP contribution in [-0.2, 0) is 4.79 Å². The molecular weight excluding hydrogens is 202 g/mol. The molecule has 0 aromatic rings. The molecule has 0 atom stereocenters. The highest BCUT2D eigenvalue weighted by Crippen LogP contribution is 2.12. The van der Waals surface area contributed by atoms with Crippen LogP contribution in [0.25, 0.3) is 0 Å². The van der Waals surface area contributed by atoms with Crippen molar-refractivity contribution < 1.29 is 9.90 Å². The molecule has 0 aliphatic heterocycles. The molecule has 0 aromatic carbocycles. The van der Waals surface area contributed by atoms with Crippen LogP contribution < -0.4 is 0 Å². The highest BCUT2D eigenvalue weighted by atomic mass is 16.4. The number of carboxylic acids is 1. The van der Waals surface area contributed by atoms with E-state index in [1.165, 1.54) is 0 Å². The van der Waals surface area contributed by atoms with Crippen LogP contribution in [0.2, 0.25) is 0 Å². The molecule has 0 aliphatic rings. The Bertz CT molecular complexity index is 188. The molecule has 0 aliphatic carbocycles. The maximum atomic E-state index is 10.5. The average molecular weight is 229 g/mol. The smallest absolute Gasteiger partial charge is 0.303 e. The van der Waals surface area contributed by atoms with E-state index in [-0.39, 0.29) is 6.42 Å². The van der Waals surface area contributed by atoms with E-state index in [0.29, 0.717) is 12.0 Å². The van der Waals surface area contributed by atoms with Gasteiger partial charge in [-0.2, -0.15) is 0 Å². The maximum Gasteiger partial charge on any atom is 0.303 e. The quantitative estimate of drug-likeness (QED) is 0.660. The van der Waals surface area contributed by atoms with Crippen molar-refractivity contribution in [3.05, 3.63) is 0 Å². The Morgan fingerprint density at radius 2 is 1.81 bits per heavy atom. The summed E-state index contributed by atoms with van der Waals surface area (Å²) < 4.78 is 0. The molecule has 0 amide bonds. The van der Waals surface area contributed by atoms with Crippen LogP contribution in [0.4, 0.5) is 0 Å². The summed E-state index contributed by atoms with van der Waals surface area (Å²) in [4.78, 5) is 12.9. The van der Waals surface area contributed by atoms with Crippen LogP contribution in [0.1, 0.15) is 53.4 Å². The van der Waals surface area contributed by atoms with Crippen LogP contribution in [0.3, 0.4) is 0 Å². The molecule has 0 radical (unpaired) electrons. The second-order valence-electron chi connectivity index (χ2n) is 4.86. The van der Waals surface area contributed by atoms with Crippen molar-refractivity contribution in [1.82, 2.24) is 4.90 Å². The van der Waals surface area contributed by atoms with Gasteiger partial charge in [0.2, 0.25) is 0 Å². The highest BCUT2D eigenvalue weighted by molar-refractivity contribution is 5.66. The molecule has 0 saturated carbocycles. The highest BCUT2D eigenvalue weighted by Gasteiger charge is 2.16. The van der Waals surface area contributed by atoms with Crippen molar-refractivity contribution in [1.29, 1.82) is 0 Å². The molecule has 0 bridgehead atoms. The number of carboxylic acid groups (broad SMARTS) is 1. The fourth-order valence-electron chi connectivity index (χ4n) is 2.13. The Morgan fingerprint density at radius 1 is 1.25 bits per heavy atom. The van der Waals surface area contributed by atoms with Crippen LogP contribution >= 0.6 is 0 Å². The number of aliphatic carboxylic acids is 1. The zero-order valence-corrected chi connectivity index (χ0v) is 11.2. The summed E-state index contributed by atoms with van der Waals surface area (Å²) in [7, 11) is 0. The predicted molar refractivity (Wildman–Crippen MR) is 67.7 cm³/mol. The number of rotatable bonds is 9. The molecule has 96 valence electrons. The Balaban J connectivity index is 4.13. The van der Waals surface area contributed by atoms with Gasteiger partial charge in [0, 0.05) is 19.0 Å². The molecule has 0 rings (SSSR count). The van der Waals surface area contributed by atoms with Crippen molar-refractivity contribution in [3.8, 4) is 0 Å². The predicted octanol–water partition coefficient (Wildman–Crippen LogP) is 3.00. The fraction of sp³-hybridized carbons (Fsp3) is 0.923. The van der Waals surface area contributed by atoms with E-state index < -0.39 is 5.97 Å². The number of carbonyl (C=O) groups is 1. The van der Waals surface area contributed by atoms with Crippen LogP contribution in [0, 0.1) is 5.92 Å². The molecule has 3 nitrogen and oxygen atoms in total. The molecule has 1 N–H and O–H groups in total. The Labute approximate surface area is 99.8 Å². The summed E-state index contributed by atoms with van der Waals surface area (Å²) in [5.41, 5.74) is 0. The second-order valence-corrected chi connectivity index (χ2v) is 4.86. The topological polar surface area (TPSA) is 40.5 Å². The first kappa shape index (κ1) is 15.4. The summed E-state index contributed by atoms with van der Waals surface area (Å²) in [5, 5.41) is 8.64. The first-order valence-electron chi connectivity index (χ1n) is 6.47. The maximum absolute atomic E-state index is 10.5. The number of hydrogen-bond acceptors (Lipinski definition) is 2. The third kappa shape index (κ3) is 6.83. The zero-order chi connectivity index (χ0) is 12.6. The van der Waals surface area contributed by atoms with Gasteiger partial charge in [-0.1, -0.05) is 27.7 Å². The van der Waals surface area contributed by atoms with Gasteiger partial charge in [0.05, 0.1) is 0 Å². The van der Waals surface area contributed by atoms with Gasteiger partial charge in [-0.25, -0.2) is 0 Å². The van der Waals surface area contributed by atoms with Crippen molar-refractivity contribution in [2.45, 2.75) is 59.4 Å². The van der Waals surface area contributed by atoms with E-state index in [0.717, 1.165) is 32.4 Å². The lowest BCUT2D eigenvalue weighted by molar-refractivity contribution is -0.137. The normalized spacial score (nSPS) is 11.7. The molecule has 0 heterocycles. The molecule has 0 aromatic heterocycles. The Hall–Kier alpha value is -0.570. The molecule has 16 heavy (non-hydrogen) atoms. The van der Waals surface area contributed by atoms with Crippen LogP contribution in [0.5, 0.6) is 0 Å². The van der Waals surface area contributed by atoms with Gasteiger partial charge < -0.3 is 10.0 Å². The molecule has 0 fully saturated rings. The number of nitrogens with zero attached hydrogens (tertiary/aromatic N) is 1. The van der Waals surface area contributed by atoms with Gasteiger partial charge in [0.1, 0.15) is 0 Å². The van der Waals surface area contributed by atoms with E-state index in [1.54, 1.807) is 0 Å². The van der Waals surface area contributed by atoms with Crippen molar-refractivity contribution in [2.75, 3.05) is 13.1 Å². The van der Waals surface area contributed by atoms with Crippen molar-refractivity contribution in [2.24, 2.45) is 5.92 Å². The summed E-state index contributed by atoms with van der Waals surface area (Å²) >= 11 is 0. The summed E-state index contributed by atoms with van der Waals surface area (Å²) in [6, 6.07) is 0.608. The number of hydrogen-bond donors (Lipinski definition) is 1. The minimum atomic E-state index is -0.686. The lowest BCUT2D eigenvalue weighted by atomic mass is 10.1. The van der Waals surface area contributed by atoms with Gasteiger partial charge in [0.25, 0.3) is 0 Å². The third-order valence-electron chi connectivity index (χ3n) is 2.89.